The highest BCUT2D eigenvalue weighted by molar-refractivity contribution is 6.04. The quantitative estimate of drug-likeness (QED) is 0.742. The Morgan fingerprint density at radius 2 is 2.11 bits per heavy atom. The second-order valence-corrected chi connectivity index (χ2v) is 6.10. The van der Waals surface area contributed by atoms with E-state index < -0.39 is 11.4 Å². The smallest absolute Gasteiger partial charge is 0.319 e. The molecule has 0 aromatic rings. The zero-order valence-electron chi connectivity index (χ0n) is 11.7. The molecule has 1 N–H and O–H groups in total. The van der Waals surface area contributed by atoms with E-state index in [-0.39, 0.29) is 12.0 Å². The fourth-order valence-electron chi connectivity index (χ4n) is 2.47. The third-order valence-electron chi connectivity index (χ3n) is 4.05. The standard InChI is InChI=1S/C14H23NO4/c1-10(2)4-8-19-11-3-7-15(9-11)12(16)14(5-6-14)13(17)18/h10-11H,3-9H2,1-2H3,(H,17,18)/t11-/m0/s1. The average molecular weight is 269 g/mol. The molecule has 1 aliphatic carbocycles. The van der Waals surface area contributed by atoms with Crippen LogP contribution in [0.5, 0.6) is 0 Å². The number of carboxylic acids is 1. The normalized spacial score (nSPS) is 24.8. The van der Waals surface area contributed by atoms with Gasteiger partial charge < -0.3 is 14.7 Å². The Labute approximate surface area is 113 Å². The van der Waals surface area contributed by atoms with E-state index in [1.165, 1.54) is 0 Å². The summed E-state index contributed by atoms with van der Waals surface area (Å²) >= 11 is 0. The van der Waals surface area contributed by atoms with Gasteiger partial charge in [0.1, 0.15) is 5.41 Å². The van der Waals surface area contributed by atoms with E-state index in [9.17, 15) is 9.59 Å². The molecule has 19 heavy (non-hydrogen) atoms. The van der Waals surface area contributed by atoms with Gasteiger partial charge in [0.2, 0.25) is 5.91 Å². The van der Waals surface area contributed by atoms with Crippen LogP contribution in [0.4, 0.5) is 0 Å². The molecule has 108 valence electrons. The van der Waals surface area contributed by atoms with Crippen molar-refractivity contribution < 1.29 is 19.4 Å². The Kier molecular flexibility index (Phi) is 4.13. The van der Waals surface area contributed by atoms with Crippen LogP contribution in [-0.4, -0.2) is 47.7 Å². The zero-order chi connectivity index (χ0) is 14.0. The molecular formula is C14H23NO4. The van der Waals surface area contributed by atoms with E-state index in [4.69, 9.17) is 9.84 Å². The van der Waals surface area contributed by atoms with Crippen molar-refractivity contribution in [2.45, 2.75) is 45.6 Å². The van der Waals surface area contributed by atoms with Gasteiger partial charge in [-0.25, -0.2) is 0 Å². The van der Waals surface area contributed by atoms with Gasteiger partial charge in [-0.1, -0.05) is 13.8 Å². The highest BCUT2D eigenvalue weighted by atomic mass is 16.5. The Balaban J connectivity index is 1.79. The number of ether oxygens (including phenoxy) is 1. The number of amides is 1. The summed E-state index contributed by atoms with van der Waals surface area (Å²) in [5.74, 6) is -0.572. The topological polar surface area (TPSA) is 66.8 Å². The van der Waals surface area contributed by atoms with Crippen molar-refractivity contribution >= 4 is 11.9 Å². The first-order valence-electron chi connectivity index (χ1n) is 7.10. The van der Waals surface area contributed by atoms with Crippen molar-refractivity contribution in [2.75, 3.05) is 19.7 Å². The Bertz CT molecular complexity index is 362. The van der Waals surface area contributed by atoms with Crippen molar-refractivity contribution in [3.63, 3.8) is 0 Å². The van der Waals surface area contributed by atoms with Crippen molar-refractivity contribution in [1.82, 2.24) is 4.90 Å². The molecule has 2 fully saturated rings. The fraction of sp³-hybridized carbons (Fsp3) is 0.857. The molecule has 1 saturated heterocycles. The van der Waals surface area contributed by atoms with Gasteiger partial charge in [0.25, 0.3) is 0 Å². The van der Waals surface area contributed by atoms with Gasteiger partial charge in [-0.2, -0.15) is 0 Å². The number of hydrogen-bond acceptors (Lipinski definition) is 3. The molecule has 5 heteroatoms. The van der Waals surface area contributed by atoms with Gasteiger partial charge in [0, 0.05) is 19.7 Å². The molecule has 0 aromatic heterocycles. The second kappa shape index (κ2) is 5.49. The van der Waals surface area contributed by atoms with Crippen molar-refractivity contribution in [3.8, 4) is 0 Å². The average Bonchev–Trinajstić information content (AvgIpc) is 3.03. The van der Waals surface area contributed by atoms with Gasteiger partial charge in [-0.3, -0.25) is 9.59 Å². The number of rotatable bonds is 6. The summed E-state index contributed by atoms with van der Waals surface area (Å²) in [5, 5.41) is 9.12. The molecule has 0 unspecified atom stereocenters. The monoisotopic (exact) mass is 269 g/mol. The summed E-state index contributed by atoms with van der Waals surface area (Å²) in [7, 11) is 0. The summed E-state index contributed by atoms with van der Waals surface area (Å²) in [4.78, 5) is 25.0. The molecule has 0 spiro atoms. The molecule has 0 aromatic carbocycles. The minimum Gasteiger partial charge on any atom is -0.480 e. The van der Waals surface area contributed by atoms with E-state index in [0.717, 1.165) is 12.8 Å². The van der Waals surface area contributed by atoms with Crippen LogP contribution in [0, 0.1) is 11.3 Å². The second-order valence-electron chi connectivity index (χ2n) is 6.10. The van der Waals surface area contributed by atoms with Crippen LogP contribution in [0.3, 0.4) is 0 Å². The van der Waals surface area contributed by atoms with Crippen LogP contribution >= 0.6 is 0 Å². The van der Waals surface area contributed by atoms with Crippen LogP contribution in [0.2, 0.25) is 0 Å². The molecule has 1 heterocycles. The molecule has 1 saturated carbocycles. The molecule has 5 nitrogen and oxygen atoms in total. The Morgan fingerprint density at radius 1 is 1.42 bits per heavy atom. The molecule has 2 aliphatic rings. The van der Waals surface area contributed by atoms with Crippen LogP contribution in [-0.2, 0) is 14.3 Å². The first-order chi connectivity index (χ1) is 8.95. The van der Waals surface area contributed by atoms with E-state index in [0.29, 0.717) is 38.5 Å². The highest BCUT2D eigenvalue weighted by Gasteiger charge is 2.59. The number of carbonyl (C=O) groups is 2. The van der Waals surface area contributed by atoms with Crippen molar-refractivity contribution in [3.05, 3.63) is 0 Å². The lowest BCUT2D eigenvalue weighted by Crippen LogP contribution is -2.40. The van der Waals surface area contributed by atoms with Gasteiger partial charge in [0.15, 0.2) is 0 Å². The molecule has 1 aliphatic heterocycles. The molecule has 0 bridgehead atoms. The van der Waals surface area contributed by atoms with Crippen LogP contribution in [0.1, 0.15) is 39.5 Å². The molecular weight excluding hydrogens is 246 g/mol. The Hall–Kier alpha value is -1.10. The third kappa shape index (κ3) is 3.08. The molecule has 0 radical (unpaired) electrons. The largest absolute Gasteiger partial charge is 0.480 e. The fourth-order valence-corrected chi connectivity index (χ4v) is 2.47. The summed E-state index contributed by atoms with van der Waals surface area (Å²) in [6.07, 6.45) is 2.88. The molecule has 2 rings (SSSR count). The number of carbonyl (C=O) groups excluding carboxylic acids is 1. The van der Waals surface area contributed by atoms with Gasteiger partial charge in [-0.05, 0) is 31.6 Å². The van der Waals surface area contributed by atoms with Crippen LogP contribution in [0.15, 0.2) is 0 Å². The van der Waals surface area contributed by atoms with Crippen molar-refractivity contribution in [1.29, 1.82) is 0 Å². The number of carboxylic acid groups (broad SMARTS) is 1. The summed E-state index contributed by atoms with van der Waals surface area (Å²) < 4.78 is 5.75. The van der Waals surface area contributed by atoms with E-state index >= 15 is 0 Å². The number of aliphatic carboxylic acids is 1. The van der Waals surface area contributed by atoms with Crippen molar-refractivity contribution in [2.24, 2.45) is 11.3 Å². The van der Waals surface area contributed by atoms with E-state index in [1.54, 1.807) is 4.90 Å². The lowest BCUT2D eigenvalue weighted by Gasteiger charge is -2.20. The first-order valence-corrected chi connectivity index (χ1v) is 7.10. The number of nitrogens with zero attached hydrogens (tertiary/aromatic N) is 1. The van der Waals surface area contributed by atoms with Gasteiger partial charge in [0.05, 0.1) is 6.10 Å². The number of likely N-dealkylation sites (tertiary alicyclic amines) is 1. The predicted molar refractivity (Wildman–Crippen MR) is 69.7 cm³/mol. The SMILES string of the molecule is CC(C)CCO[C@H]1CCN(C(=O)C2(C(=O)O)CC2)C1. The lowest BCUT2D eigenvalue weighted by atomic mass is 10.1. The minimum atomic E-state index is -1.10. The van der Waals surface area contributed by atoms with Gasteiger partial charge in [-0.15, -0.1) is 0 Å². The first kappa shape index (κ1) is 14.3. The van der Waals surface area contributed by atoms with E-state index in [1.807, 2.05) is 0 Å². The maximum absolute atomic E-state index is 12.2. The maximum atomic E-state index is 12.2. The third-order valence-corrected chi connectivity index (χ3v) is 4.05. The lowest BCUT2D eigenvalue weighted by molar-refractivity contribution is -0.153. The molecule has 1 amide bonds. The summed E-state index contributed by atoms with van der Waals surface area (Å²) in [6.45, 7) is 6.19. The maximum Gasteiger partial charge on any atom is 0.319 e. The van der Waals surface area contributed by atoms with Gasteiger partial charge >= 0.3 is 5.97 Å². The van der Waals surface area contributed by atoms with E-state index in [2.05, 4.69) is 13.8 Å². The number of hydrogen-bond donors (Lipinski definition) is 1. The summed E-state index contributed by atoms with van der Waals surface area (Å²) in [5.41, 5.74) is -1.10. The molecule has 1 atom stereocenters. The van der Waals surface area contributed by atoms with Crippen LogP contribution < -0.4 is 0 Å². The minimum absolute atomic E-state index is 0.0762. The van der Waals surface area contributed by atoms with Crippen LogP contribution in [0.25, 0.3) is 0 Å². The predicted octanol–water partition coefficient (Wildman–Crippen LogP) is 1.51. The summed E-state index contributed by atoms with van der Waals surface area (Å²) in [6, 6.07) is 0. The highest BCUT2D eigenvalue weighted by Crippen LogP contribution is 2.47. The zero-order valence-corrected chi connectivity index (χ0v) is 11.7. The Morgan fingerprint density at radius 3 is 2.63 bits per heavy atom.